The van der Waals surface area contributed by atoms with E-state index in [9.17, 15) is 0 Å². The number of H-pyrrole nitrogens is 1. The van der Waals surface area contributed by atoms with Crippen LogP contribution in [0.4, 0.5) is 0 Å². The van der Waals surface area contributed by atoms with Crippen molar-refractivity contribution in [1.82, 2.24) is 29.6 Å². The highest BCUT2D eigenvalue weighted by Crippen LogP contribution is 2.35. The summed E-state index contributed by atoms with van der Waals surface area (Å²) < 4.78 is 2.28. The number of fused-ring (bicyclic) bond motifs is 1. The molecule has 1 saturated heterocycles. The van der Waals surface area contributed by atoms with E-state index in [1.54, 1.807) is 0 Å². The molecule has 26 heavy (non-hydrogen) atoms. The lowest BCUT2D eigenvalue weighted by atomic mass is 9.80. The van der Waals surface area contributed by atoms with Crippen molar-refractivity contribution in [3.05, 3.63) is 41.7 Å². The van der Waals surface area contributed by atoms with Gasteiger partial charge in [0.1, 0.15) is 17.5 Å². The third kappa shape index (κ3) is 2.62. The zero-order chi connectivity index (χ0) is 17.7. The van der Waals surface area contributed by atoms with Gasteiger partial charge in [0.15, 0.2) is 0 Å². The van der Waals surface area contributed by atoms with Crippen molar-refractivity contribution in [2.75, 3.05) is 13.1 Å². The monoisotopic (exact) mass is 351 g/mol. The standard InChI is InChI=1S/C19H25N7/c1-2-26-17(23-24-19(26)12-7-14(20)8-12)11-25-9-13(10-25)18-21-15-5-3-4-6-16(15)22-18/h3-6,12-14H,2,7-11,20H2,1H3,(H,21,22). The molecule has 5 rings (SSSR count). The lowest BCUT2D eigenvalue weighted by Gasteiger charge is -2.38. The maximum absolute atomic E-state index is 5.94. The molecule has 1 aromatic carbocycles. The summed E-state index contributed by atoms with van der Waals surface area (Å²) in [6.45, 7) is 5.98. The van der Waals surface area contributed by atoms with E-state index in [1.807, 2.05) is 12.1 Å². The Morgan fingerprint density at radius 2 is 1.96 bits per heavy atom. The van der Waals surface area contributed by atoms with E-state index in [-0.39, 0.29) is 0 Å². The highest BCUT2D eigenvalue weighted by Gasteiger charge is 2.34. The van der Waals surface area contributed by atoms with Gasteiger partial charge in [-0.2, -0.15) is 0 Å². The summed E-state index contributed by atoms with van der Waals surface area (Å²) in [7, 11) is 0. The summed E-state index contributed by atoms with van der Waals surface area (Å²) in [5.74, 6) is 4.27. The van der Waals surface area contributed by atoms with Crippen LogP contribution in [0.3, 0.4) is 0 Å². The Labute approximate surface area is 152 Å². The van der Waals surface area contributed by atoms with Crippen LogP contribution in [0.5, 0.6) is 0 Å². The first-order valence-electron chi connectivity index (χ1n) is 9.55. The van der Waals surface area contributed by atoms with E-state index < -0.39 is 0 Å². The van der Waals surface area contributed by atoms with Crippen LogP contribution < -0.4 is 5.73 Å². The van der Waals surface area contributed by atoms with Gasteiger partial charge in [0.25, 0.3) is 0 Å². The number of aromatic nitrogens is 5. The molecule has 0 spiro atoms. The summed E-state index contributed by atoms with van der Waals surface area (Å²) in [5, 5.41) is 8.95. The minimum atomic E-state index is 0.338. The minimum Gasteiger partial charge on any atom is -0.342 e. The van der Waals surface area contributed by atoms with E-state index in [0.29, 0.717) is 17.9 Å². The molecule has 2 fully saturated rings. The predicted octanol–water partition coefficient (Wildman–Crippen LogP) is 1.98. The summed E-state index contributed by atoms with van der Waals surface area (Å²) in [4.78, 5) is 10.6. The molecule has 0 unspecified atom stereocenters. The van der Waals surface area contributed by atoms with Gasteiger partial charge in [-0.1, -0.05) is 12.1 Å². The van der Waals surface area contributed by atoms with E-state index in [2.05, 4.69) is 43.7 Å². The number of imidazole rings is 1. The third-order valence-electron chi connectivity index (χ3n) is 5.83. The normalized spacial score (nSPS) is 23.9. The summed E-state index contributed by atoms with van der Waals surface area (Å²) in [6, 6.07) is 8.56. The number of rotatable bonds is 5. The van der Waals surface area contributed by atoms with Crippen LogP contribution in [0.25, 0.3) is 11.0 Å². The number of para-hydroxylation sites is 2. The molecule has 136 valence electrons. The van der Waals surface area contributed by atoms with Gasteiger partial charge in [-0.25, -0.2) is 4.98 Å². The average molecular weight is 351 g/mol. The molecule has 2 aliphatic rings. The van der Waals surface area contributed by atoms with Crippen LogP contribution >= 0.6 is 0 Å². The Balaban J connectivity index is 1.24. The summed E-state index contributed by atoms with van der Waals surface area (Å²) in [6.07, 6.45) is 2.08. The fourth-order valence-corrected chi connectivity index (χ4v) is 4.22. The molecular weight excluding hydrogens is 326 g/mol. The van der Waals surface area contributed by atoms with Gasteiger partial charge in [0.05, 0.1) is 17.6 Å². The van der Waals surface area contributed by atoms with Crippen molar-refractivity contribution >= 4 is 11.0 Å². The lowest BCUT2D eigenvalue weighted by Crippen LogP contribution is -2.45. The molecule has 2 aromatic heterocycles. The lowest BCUT2D eigenvalue weighted by molar-refractivity contribution is 0.129. The number of nitrogens with two attached hydrogens (primary N) is 1. The smallest absolute Gasteiger partial charge is 0.147 e. The number of nitrogens with one attached hydrogen (secondary N) is 1. The van der Waals surface area contributed by atoms with E-state index in [4.69, 9.17) is 10.7 Å². The number of hydrogen-bond donors (Lipinski definition) is 2. The van der Waals surface area contributed by atoms with Crippen LogP contribution in [-0.4, -0.2) is 48.8 Å². The zero-order valence-corrected chi connectivity index (χ0v) is 15.1. The van der Waals surface area contributed by atoms with Crippen LogP contribution in [-0.2, 0) is 13.1 Å². The number of likely N-dealkylation sites (tertiary alicyclic amines) is 1. The highest BCUT2D eigenvalue weighted by molar-refractivity contribution is 5.74. The molecule has 0 amide bonds. The first-order chi connectivity index (χ1) is 12.7. The molecule has 0 radical (unpaired) electrons. The second-order valence-corrected chi connectivity index (χ2v) is 7.68. The predicted molar refractivity (Wildman–Crippen MR) is 99.8 cm³/mol. The largest absolute Gasteiger partial charge is 0.342 e. The number of hydrogen-bond acceptors (Lipinski definition) is 5. The van der Waals surface area contributed by atoms with Crippen molar-refractivity contribution in [2.24, 2.45) is 5.73 Å². The fraction of sp³-hybridized carbons (Fsp3) is 0.526. The Bertz CT molecular complexity index is 882. The van der Waals surface area contributed by atoms with E-state index >= 15 is 0 Å². The van der Waals surface area contributed by atoms with E-state index in [0.717, 1.165) is 67.5 Å². The molecule has 1 aliphatic carbocycles. The SMILES string of the molecule is CCn1c(CN2CC(c3nc4ccccc4[nH]3)C2)nnc1C1CC(N)C1. The minimum absolute atomic E-state index is 0.338. The van der Waals surface area contributed by atoms with Crippen molar-refractivity contribution in [2.45, 2.75) is 50.7 Å². The molecule has 0 bridgehead atoms. The molecule has 3 heterocycles. The zero-order valence-electron chi connectivity index (χ0n) is 15.1. The summed E-state index contributed by atoms with van der Waals surface area (Å²) in [5.41, 5.74) is 8.11. The maximum Gasteiger partial charge on any atom is 0.147 e. The van der Waals surface area contributed by atoms with Crippen LogP contribution in [0, 0.1) is 0 Å². The van der Waals surface area contributed by atoms with Crippen molar-refractivity contribution < 1.29 is 0 Å². The Morgan fingerprint density at radius 1 is 1.15 bits per heavy atom. The molecule has 1 saturated carbocycles. The van der Waals surface area contributed by atoms with Gasteiger partial charge in [-0.3, -0.25) is 4.90 Å². The number of benzene rings is 1. The fourth-order valence-electron chi connectivity index (χ4n) is 4.22. The Kier molecular flexibility index (Phi) is 3.79. The topological polar surface area (TPSA) is 88.7 Å². The maximum atomic E-state index is 5.94. The van der Waals surface area contributed by atoms with Crippen molar-refractivity contribution in [3.8, 4) is 0 Å². The molecular formula is C19H25N7. The average Bonchev–Trinajstić information content (AvgIpc) is 3.17. The molecule has 3 N–H and O–H groups in total. The number of nitrogens with zero attached hydrogens (tertiary/aromatic N) is 5. The van der Waals surface area contributed by atoms with Crippen LogP contribution in [0.15, 0.2) is 24.3 Å². The van der Waals surface area contributed by atoms with Gasteiger partial charge >= 0.3 is 0 Å². The van der Waals surface area contributed by atoms with Crippen molar-refractivity contribution in [3.63, 3.8) is 0 Å². The number of aromatic amines is 1. The first-order valence-corrected chi connectivity index (χ1v) is 9.55. The second kappa shape index (κ2) is 6.17. The Hall–Kier alpha value is -2.25. The van der Waals surface area contributed by atoms with Crippen LogP contribution in [0.1, 0.15) is 49.1 Å². The third-order valence-corrected chi connectivity index (χ3v) is 5.83. The molecule has 0 atom stereocenters. The van der Waals surface area contributed by atoms with Gasteiger partial charge in [-0.15, -0.1) is 10.2 Å². The highest BCUT2D eigenvalue weighted by atomic mass is 15.3. The second-order valence-electron chi connectivity index (χ2n) is 7.68. The van der Waals surface area contributed by atoms with Crippen LogP contribution in [0.2, 0.25) is 0 Å². The molecule has 1 aliphatic heterocycles. The molecule has 3 aromatic rings. The first kappa shape index (κ1) is 16.0. The van der Waals surface area contributed by atoms with Gasteiger partial charge in [0, 0.05) is 37.5 Å². The summed E-state index contributed by atoms with van der Waals surface area (Å²) >= 11 is 0. The van der Waals surface area contributed by atoms with Gasteiger partial charge in [0.2, 0.25) is 0 Å². The quantitative estimate of drug-likeness (QED) is 0.734. The van der Waals surface area contributed by atoms with Crippen molar-refractivity contribution in [1.29, 1.82) is 0 Å². The van der Waals surface area contributed by atoms with Gasteiger partial charge < -0.3 is 15.3 Å². The molecule has 7 nitrogen and oxygen atoms in total. The van der Waals surface area contributed by atoms with Gasteiger partial charge in [-0.05, 0) is 31.9 Å². The Morgan fingerprint density at radius 3 is 2.69 bits per heavy atom. The molecule has 7 heteroatoms. The van der Waals surface area contributed by atoms with E-state index in [1.165, 1.54) is 0 Å².